The molecule has 4 aromatic rings. The molecule has 0 aliphatic heterocycles. The number of hydrogen-bond donors (Lipinski definition) is 1. The summed E-state index contributed by atoms with van der Waals surface area (Å²) in [6, 6.07) is 19.0. The van der Waals surface area contributed by atoms with Gasteiger partial charge < -0.3 is 14.6 Å². The molecule has 1 unspecified atom stereocenters. The lowest BCUT2D eigenvalue weighted by atomic mass is 9.98. The Kier molecular flexibility index (Phi) is 9.58. The third-order valence-corrected chi connectivity index (χ3v) is 7.85. The highest BCUT2D eigenvalue weighted by atomic mass is 32.2. The van der Waals surface area contributed by atoms with Gasteiger partial charge in [-0.25, -0.2) is 9.69 Å². The molecule has 1 heterocycles. The van der Waals surface area contributed by atoms with Crippen LogP contribution in [0.15, 0.2) is 66.7 Å². The number of ether oxygens (including phenoxy) is 1. The molecule has 1 atom stereocenters. The molecule has 0 aliphatic rings. The van der Waals surface area contributed by atoms with Crippen LogP contribution in [0.2, 0.25) is 0 Å². The largest absolute Gasteiger partial charge is 0.772 e. The van der Waals surface area contributed by atoms with Gasteiger partial charge in [-0.05, 0) is 55.3 Å². The molecule has 0 fully saturated rings. The Hall–Kier alpha value is -4.00. The number of carbonyl (C=O) groups is 3. The van der Waals surface area contributed by atoms with Gasteiger partial charge in [-0.15, -0.1) is 10.2 Å². The van der Waals surface area contributed by atoms with Crippen LogP contribution in [0.4, 0.5) is 15.6 Å². The van der Waals surface area contributed by atoms with Gasteiger partial charge in [0, 0.05) is 23.4 Å². The van der Waals surface area contributed by atoms with Crippen LogP contribution in [0.25, 0.3) is 10.8 Å². The van der Waals surface area contributed by atoms with Crippen molar-refractivity contribution < 1.29 is 27.9 Å². The fourth-order valence-corrected chi connectivity index (χ4v) is 5.54. The molecular weight excluding hydrogens is 564 g/mol. The number of unbranched alkanes of at least 4 members (excludes halogenated alkanes) is 1. The van der Waals surface area contributed by atoms with Crippen molar-refractivity contribution in [3.8, 4) is 0 Å². The van der Waals surface area contributed by atoms with Crippen LogP contribution in [0.5, 0.6) is 0 Å². The Bertz CT molecular complexity index is 1590. The van der Waals surface area contributed by atoms with Crippen molar-refractivity contribution in [2.75, 3.05) is 17.2 Å². The lowest BCUT2D eigenvalue weighted by Crippen LogP contribution is -2.39. The summed E-state index contributed by atoms with van der Waals surface area (Å²) in [5, 5.41) is 12.5. The number of aromatic nitrogens is 2. The molecule has 0 saturated heterocycles. The molecule has 1 N–H and O–H groups in total. The number of anilines is 2. The van der Waals surface area contributed by atoms with Crippen LogP contribution in [-0.2, 0) is 15.8 Å². The first-order valence-corrected chi connectivity index (χ1v) is 15.0. The molecule has 12 heteroatoms. The van der Waals surface area contributed by atoms with E-state index in [2.05, 4.69) is 15.5 Å². The van der Waals surface area contributed by atoms with E-state index in [-0.39, 0.29) is 21.6 Å². The minimum atomic E-state index is -2.44. The third kappa shape index (κ3) is 7.40. The molecule has 2 amide bonds. The maximum Gasteiger partial charge on any atom is 0.421 e. The van der Waals surface area contributed by atoms with E-state index in [1.165, 1.54) is 13.8 Å². The Morgan fingerprint density at radius 1 is 1.05 bits per heavy atom. The van der Waals surface area contributed by atoms with Crippen molar-refractivity contribution in [2.45, 2.75) is 39.2 Å². The van der Waals surface area contributed by atoms with Gasteiger partial charge in [0.1, 0.15) is 5.60 Å². The van der Waals surface area contributed by atoms with Gasteiger partial charge in [-0.3, -0.25) is 13.8 Å². The molecular formula is C29H29N4O6S2-. The van der Waals surface area contributed by atoms with E-state index in [9.17, 15) is 23.1 Å². The molecule has 0 bridgehead atoms. The zero-order chi connectivity index (χ0) is 29.6. The molecule has 10 nitrogen and oxygen atoms in total. The maximum atomic E-state index is 13.6. The summed E-state index contributed by atoms with van der Waals surface area (Å²) in [5.74, 6) is -1.15. The van der Waals surface area contributed by atoms with Crippen LogP contribution in [-0.4, -0.2) is 54.6 Å². The molecule has 4 rings (SSSR count). The lowest BCUT2D eigenvalue weighted by molar-refractivity contribution is 0.0618. The highest BCUT2D eigenvalue weighted by Crippen LogP contribution is 2.32. The Labute approximate surface area is 244 Å². The fraction of sp³-hybridized carbons (Fsp3) is 0.276. The van der Waals surface area contributed by atoms with Gasteiger partial charge in [-0.2, -0.15) is 0 Å². The first-order chi connectivity index (χ1) is 19.6. The summed E-state index contributed by atoms with van der Waals surface area (Å²) in [5.41, 5.74) is -0.303. The molecule has 3 aromatic carbocycles. The van der Waals surface area contributed by atoms with Crippen molar-refractivity contribution in [1.29, 1.82) is 0 Å². The second kappa shape index (κ2) is 13.1. The number of carbonyl (C=O) groups excluding carboxylic acids is 3. The normalized spacial score (nSPS) is 12.1. The van der Waals surface area contributed by atoms with E-state index in [0.29, 0.717) is 17.8 Å². The van der Waals surface area contributed by atoms with Crippen molar-refractivity contribution in [2.24, 2.45) is 0 Å². The number of fused-ring (bicyclic) bond motifs is 1. The molecule has 214 valence electrons. The van der Waals surface area contributed by atoms with E-state index in [1.807, 2.05) is 31.2 Å². The van der Waals surface area contributed by atoms with Crippen molar-refractivity contribution >= 4 is 61.8 Å². The average molecular weight is 594 g/mol. The molecule has 0 saturated carbocycles. The maximum absolute atomic E-state index is 13.6. The Morgan fingerprint density at radius 3 is 2.46 bits per heavy atom. The number of ketones is 1. The number of hydrogen-bond acceptors (Lipinski definition) is 9. The predicted molar refractivity (Wildman–Crippen MR) is 157 cm³/mol. The second-order valence-electron chi connectivity index (χ2n) is 9.82. The van der Waals surface area contributed by atoms with Crippen LogP contribution >= 0.6 is 11.3 Å². The minimum Gasteiger partial charge on any atom is -0.772 e. The van der Waals surface area contributed by atoms with Gasteiger partial charge in [0.25, 0.3) is 5.91 Å². The van der Waals surface area contributed by atoms with Crippen molar-refractivity contribution in [3.63, 3.8) is 0 Å². The van der Waals surface area contributed by atoms with Crippen molar-refractivity contribution in [1.82, 2.24) is 15.5 Å². The zero-order valence-corrected chi connectivity index (χ0v) is 24.4. The fourth-order valence-electron chi connectivity index (χ4n) is 4.09. The summed E-state index contributed by atoms with van der Waals surface area (Å²) in [6.07, 6.45) is 0.892. The monoisotopic (exact) mass is 593 g/mol. The summed E-state index contributed by atoms with van der Waals surface area (Å²) < 4.78 is 28.0. The summed E-state index contributed by atoms with van der Waals surface area (Å²) in [7, 11) is 0. The summed E-state index contributed by atoms with van der Waals surface area (Å²) >= 11 is -1.57. The Morgan fingerprint density at radius 2 is 1.76 bits per heavy atom. The number of nitrogens with zero attached hydrogens (tertiary/aromatic N) is 3. The van der Waals surface area contributed by atoms with Gasteiger partial charge in [0.2, 0.25) is 10.9 Å². The van der Waals surface area contributed by atoms with Crippen LogP contribution in [0, 0.1) is 0 Å². The first-order valence-electron chi connectivity index (χ1n) is 12.9. The zero-order valence-electron chi connectivity index (χ0n) is 22.8. The van der Waals surface area contributed by atoms with E-state index in [4.69, 9.17) is 4.74 Å². The first kappa shape index (κ1) is 30.0. The highest BCUT2D eigenvalue weighted by molar-refractivity contribution is 7.79. The second-order valence-corrected chi connectivity index (χ2v) is 11.7. The van der Waals surface area contributed by atoms with Crippen LogP contribution in [0.3, 0.4) is 0 Å². The summed E-state index contributed by atoms with van der Waals surface area (Å²) in [4.78, 5) is 41.0. The lowest BCUT2D eigenvalue weighted by Gasteiger charge is -2.29. The predicted octanol–water partition coefficient (Wildman–Crippen LogP) is 5.38. The smallest absolute Gasteiger partial charge is 0.421 e. The summed E-state index contributed by atoms with van der Waals surface area (Å²) in [6.45, 7) is 5.52. The topological polar surface area (TPSA) is 142 Å². The van der Waals surface area contributed by atoms with Crippen LogP contribution < -0.4 is 10.2 Å². The molecule has 41 heavy (non-hydrogen) atoms. The third-order valence-electron chi connectivity index (χ3n) is 6.01. The molecule has 1 aromatic heterocycles. The SMILES string of the molecule is CCCCNC(=O)c1cc(C(=O)c2nnc(N(C(=O)OC(C)(C)CS(=O)[O-])c3ccccc3)s2)cc2ccccc12. The number of rotatable bonds is 11. The minimum absolute atomic E-state index is 0.00118. The molecule has 0 spiro atoms. The average Bonchev–Trinajstić information content (AvgIpc) is 3.41. The van der Waals surface area contributed by atoms with Crippen LogP contribution in [0.1, 0.15) is 59.3 Å². The number of para-hydroxylation sites is 1. The number of nitrogens with one attached hydrogen (secondary N) is 1. The van der Waals surface area contributed by atoms with Gasteiger partial charge in [0.15, 0.2) is 5.01 Å². The van der Waals surface area contributed by atoms with Crippen molar-refractivity contribution in [3.05, 3.63) is 82.9 Å². The van der Waals surface area contributed by atoms with Gasteiger partial charge in [0.05, 0.1) is 5.69 Å². The quantitative estimate of drug-likeness (QED) is 0.139. The molecule has 0 radical (unpaired) electrons. The van der Waals surface area contributed by atoms with E-state index >= 15 is 0 Å². The van der Waals surface area contributed by atoms with Gasteiger partial charge >= 0.3 is 6.09 Å². The van der Waals surface area contributed by atoms with E-state index in [0.717, 1.165) is 39.9 Å². The number of benzene rings is 3. The highest BCUT2D eigenvalue weighted by Gasteiger charge is 2.31. The Balaban J connectivity index is 1.68. The number of amides is 2. The van der Waals surface area contributed by atoms with Gasteiger partial charge in [-0.1, -0.05) is 78.2 Å². The van der Waals surface area contributed by atoms with E-state index in [1.54, 1.807) is 42.5 Å². The standard InChI is InChI=1S/C29H30N4O6S2/c1-4-5-15-30-25(35)23-17-20(16-19-11-9-10-14-22(19)23)24(34)26-31-32-27(40-26)33(21-12-7-6-8-13-21)28(36)39-29(2,3)18-41(37)38/h6-14,16-17H,4-5,15,18H2,1-3H3,(H,30,35)(H,37,38)/p-1. The van der Waals surface area contributed by atoms with E-state index < -0.39 is 34.3 Å². The molecule has 0 aliphatic carbocycles.